The van der Waals surface area contributed by atoms with Gasteiger partial charge in [0.15, 0.2) is 0 Å². The minimum atomic E-state index is -0.0479. The van der Waals surface area contributed by atoms with Crippen molar-refractivity contribution in [1.82, 2.24) is 4.90 Å². The highest BCUT2D eigenvalue weighted by Gasteiger charge is 2.18. The van der Waals surface area contributed by atoms with E-state index in [0.29, 0.717) is 5.56 Å². The van der Waals surface area contributed by atoms with Crippen molar-refractivity contribution in [2.75, 3.05) is 7.05 Å². The van der Waals surface area contributed by atoms with Crippen molar-refractivity contribution < 1.29 is 9.90 Å². The van der Waals surface area contributed by atoms with E-state index in [1.165, 1.54) is 0 Å². The van der Waals surface area contributed by atoms with E-state index < -0.39 is 0 Å². The molecule has 98 valence electrons. The Bertz CT molecular complexity index is 549. The van der Waals surface area contributed by atoms with Gasteiger partial charge >= 0.3 is 0 Å². The molecule has 0 fully saturated rings. The molecule has 2 aromatic carbocycles. The second-order valence-corrected chi connectivity index (χ2v) is 4.55. The van der Waals surface area contributed by atoms with Gasteiger partial charge in [0.2, 0.25) is 0 Å². The molecule has 0 aliphatic carbocycles. The number of nitrogens with zero attached hydrogens (tertiary/aromatic N) is 1. The molecule has 0 bridgehead atoms. The summed E-state index contributed by atoms with van der Waals surface area (Å²) in [5, 5.41) is 9.28. The van der Waals surface area contributed by atoms with Crippen molar-refractivity contribution in [2.45, 2.75) is 13.0 Å². The summed E-state index contributed by atoms with van der Waals surface area (Å²) < 4.78 is 0. The second kappa shape index (κ2) is 5.57. The molecule has 0 saturated heterocycles. The Morgan fingerprint density at radius 3 is 2.21 bits per heavy atom. The Balaban J connectivity index is 2.17. The first kappa shape index (κ1) is 13.1. The number of phenolic OH excluding ortho intramolecular Hbond substituents is 1. The molecule has 2 aromatic rings. The molecule has 1 amide bonds. The van der Waals surface area contributed by atoms with Gasteiger partial charge < -0.3 is 10.0 Å². The van der Waals surface area contributed by atoms with E-state index in [1.807, 2.05) is 49.4 Å². The SMILES string of the molecule is CC(c1ccc(O)cc1)N(C)C(=O)c1ccccc1. The van der Waals surface area contributed by atoms with Gasteiger partial charge in [0.25, 0.3) is 5.91 Å². The minimum Gasteiger partial charge on any atom is -0.508 e. The Kier molecular flexibility index (Phi) is 3.85. The zero-order valence-corrected chi connectivity index (χ0v) is 11.1. The molecule has 0 heterocycles. The molecule has 19 heavy (non-hydrogen) atoms. The fourth-order valence-electron chi connectivity index (χ4n) is 1.94. The van der Waals surface area contributed by atoms with E-state index >= 15 is 0 Å². The molecular weight excluding hydrogens is 238 g/mol. The number of carbonyl (C=O) groups excluding carboxylic acids is 1. The van der Waals surface area contributed by atoms with E-state index in [1.54, 1.807) is 24.1 Å². The van der Waals surface area contributed by atoms with Gasteiger partial charge in [-0.1, -0.05) is 30.3 Å². The lowest BCUT2D eigenvalue weighted by molar-refractivity contribution is 0.0742. The number of hydrogen-bond donors (Lipinski definition) is 1. The number of amides is 1. The standard InChI is InChI=1S/C16H17NO2/c1-12(13-8-10-15(18)11-9-13)17(2)16(19)14-6-4-3-5-7-14/h3-12,18H,1-2H3. The summed E-state index contributed by atoms with van der Waals surface area (Å²) in [4.78, 5) is 14.0. The fraction of sp³-hybridized carbons (Fsp3) is 0.188. The monoisotopic (exact) mass is 255 g/mol. The molecule has 0 aromatic heterocycles. The molecule has 0 spiro atoms. The molecule has 3 heteroatoms. The zero-order chi connectivity index (χ0) is 13.8. The van der Waals surface area contributed by atoms with Crippen molar-refractivity contribution in [3.63, 3.8) is 0 Å². The Morgan fingerprint density at radius 1 is 1.05 bits per heavy atom. The van der Waals surface area contributed by atoms with Crippen LogP contribution in [0.1, 0.15) is 28.9 Å². The third kappa shape index (κ3) is 2.94. The first-order chi connectivity index (χ1) is 9.09. The summed E-state index contributed by atoms with van der Waals surface area (Å²) in [5.74, 6) is 0.217. The minimum absolute atomic E-state index is 0.0128. The lowest BCUT2D eigenvalue weighted by Crippen LogP contribution is -2.29. The lowest BCUT2D eigenvalue weighted by atomic mass is 10.1. The molecule has 0 saturated carbocycles. The fourth-order valence-corrected chi connectivity index (χ4v) is 1.94. The zero-order valence-electron chi connectivity index (χ0n) is 11.1. The topological polar surface area (TPSA) is 40.5 Å². The number of carbonyl (C=O) groups is 1. The van der Waals surface area contributed by atoms with Gasteiger partial charge in [0.05, 0.1) is 6.04 Å². The lowest BCUT2D eigenvalue weighted by Gasteiger charge is -2.25. The van der Waals surface area contributed by atoms with Crippen molar-refractivity contribution in [1.29, 1.82) is 0 Å². The predicted molar refractivity (Wildman–Crippen MR) is 75.1 cm³/mol. The number of rotatable bonds is 3. The molecule has 1 N–H and O–H groups in total. The third-order valence-electron chi connectivity index (χ3n) is 3.30. The molecule has 0 radical (unpaired) electrons. The molecule has 2 rings (SSSR count). The molecule has 1 atom stereocenters. The van der Waals surface area contributed by atoms with Crippen molar-refractivity contribution >= 4 is 5.91 Å². The summed E-state index contributed by atoms with van der Waals surface area (Å²) in [6.07, 6.45) is 0. The number of phenols is 1. The van der Waals surface area contributed by atoms with Crippen LogP contribution in [-0.4, -0.2) is 23.0 Å². The first-order valence-electron chi connectivity index (χ1n) is 6.20. The highest BCUT2D eigenvalue weighted by molar-refractivity contribution is 5.94. The van der Waals surface area contributed by atoms with Gasteiger partial charge in [-0.25, -0.2) is 0 Å². The van der Waals surface area contributed by atoms with Crippen LogP contribution in [0.2, 0.25) is 0 Å². The Morgan fingerprint density at radius 2 is 1.63 bits per heavy atom. The average molecular weight is 255 g/mol. The molecular formula is C16H17NO2. The van der Waals surface area contributed by atoms with Gasteiger partial charge in [-0.15, -0.1) is 0 Å². The normalized spacial score (nSPS) is 11.9. The van der Waals surface area contributed by atoms with Gasteiger partial charge in [-0.2, -0.15) is 0 Å². The Hall–Kier alpha value is -2.29. The molecule has 1 unspecified atom stereocenters. The van der Waals surface area contributed by atoms with Gasteiger partial charge in [0.1, 0.15) is 5.75 Å². The number of aromatic hydroxyl groups is 1. The smallest absolute Gasteiger partial charge is 0.254 e. The molecule has 0 aliphatic rings. The van der Waals surface area contributed by atoms with Crippen LogP contribution in [0, 0.1) is 0 Å². The van der Waals surface area contributed by atoms with E-state index in [4.69, 9.17) is 0 Å². The number of hydrogen-bond acceptors (Lipinski definition) is 2. The second-order valence-electron chi connectivity index (χ2n) is 4.55. The third-order valence-corrected chi connectivity index (χ3v) is 3.30. The quantitative estimate of drug-likeness (QED) is 0.914. The highest BCUT2D eigenvalue weighted by Crippen LogP contribution is 2.22. The average Bonchev–Trinajstić information content (AvgIpc) is 2.46. The van der Waals surface area contributed by atoms with Gasteiger partial charge in [0, 0.05) is 12.6 Å². The Labute approximate surface area is 113 Å². The summed E-state index contributed by atoms with van der Waals surface area (Å²) >= 11 is 0. The van der Waals surface area contributed by atoms with Crippen LogP contribution in [0.25, 0.3) is 0 Å². The first-order valence-corrected chi connectivity index (χ1v) is 6.20. The van der Waals surface area contributed by atoms with E-state index in [-0.39, 0.29) is 17.7 Å². The van der Waals surface area contributed by atoms with Crippen LogP contribution in [0.5, 0.6) is 5.75 Å². The summed E-state index contributed by atoms with van der Waals surface area (Å²) in [5.41, 5.74) is 1.67. The highest BCUT2D eigenvalue weighted by atomic mass is 16.3. The predicted octanol–water partition coefficient (Wildman–Crippen LogP) is 3.23. The summed E-state index contributed by atoms with van der Waals surface area (Å²) in [7, 11) is 1.78. The number of benzene rings is 2. The maximum atomic E-state index is 12.3. The van der Waals surface area contributed by atoms with E-state index in [2.05, 4.69) is 0 Å². The molecule has 0 aliphatic heterocycles. The van der Waals surface area contributed by atoms with Crippen LogP contribution in [0.3, 0.4) is 0 Å². The van der Waals surface area contributed by atoms with Crippen molar-refractivity contribution in [2.24, 2.45) is 0 Å². The van der Waals surface area contributed by atoms with Gasteiger partial charge in [-0.05, 0) is 36.8 Å². The van der Waals surface area contributed by atoms with Crippen LogP contribution in [0.4, 0.5) is 0 Å². The maximum Gasteiger partial charge on any atom is 0.254 e. The molecule has 3 nitrogen and oxygen atoms in total. The van der Waals surface area contributed by atoms with Crippen LogP contribution in [-0.2, 0) is 0 Å². The maximum absolute atomic E-state index is 12.3. The van der Waals surface area contributed by atoms with E-state index in [0.717, 1.165) is 5.56 Å². The summed E-state index contributed by atoms with van der Waals surface area (Å²) in [6, 6.07) is 16.1. The van der Waals surface area contributed by atoms with Crippen LogP contribution in [0.15, 0.2) is 54.6 Å². The van der Waals surface area contributed by atoms with Crippen LogP contribution >= 0.6 is 0 Å². The van der Waals surface area contributed by atoms with E-state index in [9.17, 15) is 9.90 Å². The van der Waals surface area contributed by atoms with Crippen molar-refractivity contribution in [3.8, 4) is 5.75 Å². The summed E-state index contributed by atoms with van der Waals surface area (Å²) in [6.45, 7) is 1.97. The van der Waals surface area contributed by atoms with Gasteiger partial charge in [-0.3, -0.25) is 4.79 Å². The largest absolute Gasteiger partial charge is 0.508 e. The van der Waals surface area contributed by atoms with Crippen LogP contribution < -0.4 is 0 Å². The van der Waals surface area contributed by atoms with Crippen molar-refractivity contribution in [3.05, 3.63) is 65.7 Å².